The van der Waals surface area contributed by atoms with Crippen molar-refractivity contribution in [2.45, 2.75) is 6.92 Å². The molecule has 6 heteroatoms. The highest BCUT2D eigenvalue weighted by molar-refractivity contribution is 7.19. The molecule has 0 atom stereocenters. The molecule has 0 saturated heterocycles. The Morgan fingerprint density at radius 1 is 1.38 bits per heavy atom. The second kappa shape index (κ2) is 3.28. The van der Waals surface area contributed by atoms with E-state index in [2.05, 4.69) is 15.3 Å². The number of phenols is 1. The van der Waals surface area contributed by atoms with Crippen LogP contribution < -0.4 is 0 Å². The number of hydrogen-bond acceptors (Lipinski definition) is 5. The first-order valence-corrected chi connectivity index (χ1v) is 5.52. The number of benzene rings is 1. The normalized spacial score (nSPS) is 11.1. The summed E-state index contributed by atoms with van der Waals surface area (Å²) in [5.74, 6) is 0.281. The van der Waals surface area contributed by atoms with Gasteiger partial charge in [0.1, 0.15) is 17.1 Å². The van der Waals surface area contributed by atoms with Crippen LogP contribution in [0.25, 0.3) is 15.5 Å². The molecule has 5 nitrogen and oxygen atoms in total. The Bertz CT molecular complexity index is 629. The topological polar surface area (TPSA) is 63.3 Å². The van der Waals surface area contributed by atoms with E-state index in [4.69, 9.17) is 0 Å². The molecule has 0 radical (unpaired) electrons. The summed E-state index contributed by atoms with van der Waals surface area (Å²) in [6.45, 7) is 1.86. The zero-order valence-corrected chi connectivity index (χ0v) is 9.27. The summed E-state index contributed by atoms with van der Waals surface area (Å²) in [5.41, 5.74) is 1.74. The van der Waals surface area contributed by atoms with Gasteiger partial charge in [-0.15, -0.1) is 10.2 Å². The SMILES string of the molecule is Cc1ccc(-c2nn3cnnc3s2)cc1O. The fraction of sp³-hybridized carbons (Fsp3) is 0.100. The zero-order valence-electron chi connectivity index (χ0n) is 8.45. The number of rotatable bonds is 1. The third kappa shape index (κ3) is 1.35. The van der Waals surface area contributed by atoms with Crippen molar-refractivity contribution in [3.63, 3.8) is 0 Å². The molecule has 0 aliphatic heterocycles. The van der Waals surface area contributed by atoms with Crippen LogP contribution in [0, 0.1) is 6.92 Å². The van der Waals surface area contributed by atoms with Crippen LogP contribution in [0.2, 0.25) is 0 Å². The number of aryl methyl sites for hydroxylation is 1. The first-order valence-electron chi connectivity index (χ1n) is 4.71. The molecule has 0 aliphatic rings. The van der Waals surface area contributed by atoms with E-state index in [9.17, 15) is 5.11 Å². The number of fused-ring (bicyclic) bond motifs is 1. The van der Waals surface area contributed by atoms with Crippen molar-refractivity contribution in [1.82, 2.24) is 19.8 Å². The molecule has 1 N–H and O–H groups in total. The molecule has 0 bridgehead atoms. The van der Waals surface area contributed by atoms with Crippen molar-refractivity contribution in [3.8, 4) is 16.3 Å². The Morgan fingerprint density at radius 3 is 3.00 bits per heavy atom. The average molecular weight is 232 g/mol. The van der Waals surface area contributed by atoms with Crippen molar-refractivity contribution < 1.29 is 5.11 Å². The predicted octanol–water partition coefficient (Wildman–Crippen LogP) is 1.87. The van der Waals surface area contributed by atoms with Crippen LogP contribution in [-0.4, -0.2) is 24.9 Å². The van der Waals surface area contributed by atoms with Crippen molar-refractivity contribution in [3.05, 3.63) is 30.1 Å². The van der Waals surface area contributed by atoms with Gasteiger partial charge >= 0.3 is 0 Å². The summed E-state index contributed by atoms with van der Waals surface area (Å²) < 4.78 is 1.62. The lowest BCUT2D eigenvalue weighted by atomic mass is 10.1. The van der Waals surface area contributed by atoms with Crippen LogP contribution in [0.3, 0.4) is 0 Å². The summed E-state index contributed by atoms with van der Waals surface area (Å²) in [5, 5.41) is 22.4. The molecule has 16 heavy (non-hydrogen) atoms. The molecule has 0 spiro atoms. The van der Waals surface area contributed by atoms with Crippen molar-refractivity contribution in [2.75, 3.05) is 0 Å². The van der Waals surface area contributed by atoms with Gasteiger partial charge < -0.3 is 5.11 Å². The lowest BCUT2D eigenvalue weighted by Crippen LogP contribution is -1.83. The average Bonchev–Trinajstić information content (AvgIpc) is 2.81. The van der Waals surface area contributed by atoms with E-state index in [1.165, 1.54) is 11.3 Å². The minimum Gasteiger partial charge on any atom is -0.508 e. The van der Waals surface area contributed by atoms with Crippen LogP contribution in [0.4, 0.5) is 0 Å². The van der Waals surface area contributed by atoms with Gasteiger partial charge in [-0.25, -0.2) is 0 Å². The molecule has 3 rings (SSSR count). The molecule has 0 fully saturated rings. The summed E-state index contributed by atoms with van der Waals surface area (Å²) in [6, 6.07) is 5.51. The highest BCUT2D eigenvalue weighted by Crippen LogP contribution is 2.28. The molecule has 0 aliphatic carbocycles. The Labute approximate surface area is 95.0 Å². The standard InChI is InChI=1S/C10H8N4OS/c1-6-2-3-7(4-8(6)15)9-13-14-5-11-12-10(14)16-9/h2-5,15H,1H3. The van der Waals surface area contributed by atoms with E-state index in [-0.39, 0.29) is 5.75 Å². The smallest absolute Gasteiger partial charge is 0.234 e. The van der Waals surface area contributed by atoms with Crippen molar-refractivity contribution >= 4 is 16.3 Å². The van der Waals surface area contributed by atoms with E-state index in [1.807, 2.05) is 19.1 Å². The van der Waals surface area contributed by atoms with Crippen LogP contribution in [-0.2, 0) is 0 Å². The molecular weight excluding hydrogens is 224 g/mol. The molecule has 0 saturated carbocycles. The largest absolute Gasteiger partial charge is 0.508 e. The minimum absolute atomic E-state index is 0.281. The second-order valence-electron chi connectivity index (χ2n) is 3.47. The van der Waals surface area contributed by atoms with E-state index >= 15 is 0 Å². The highest BCUT2D eigenvalue weighted by atomic mass is 32.1. The van der Waals surface area contributed by atoms with Crippen molar-refractivity contribution in [1.29, 1.82) is 0 Å². The lowest BCUT2D eigenvalue weighted by molar-refractivity contribution is 0.471. The van der Waals surface area contributed by atoms with Gasteiger partial charge in [0.2, 0.25) is 4.96 Å². The van der Waals surface area contributed by atoms with E-state index in [0.717, 1.165) is 21.1 Å². The fourth-order valence-corrected chi connectivity index (χ4v) is 2.23. The highest BCUT2D eigenvalue weighted by Gasteiger charge is 2.08. The monoisotopic (exact) mass is 232 g/mol. The Morgan fingerprint density at radius 2 is 2.25 bits per heavy atom. The molecule has 3 aromatic rings. The number of nitrogens with zero attached hydrogens (tertiary/aromatic N) is 4. The summed E-state index contributed by atoms with van der Waals surface area (Å²) in [7, 11) is 0. The van der Waals surface area contributed by atoms with Crippen LogP contribution in [0.5, 0.6) is 5.75 Å². The van der Waals surface area contributed by atoms with Gasteiger partial charge in [-0.1, -0.05) is 23.5 Å². The van der Waals surface area contributed by atoms with E-state index < -0.39 is 0 Å². The number of phenolic OH excluding ortho intramolecular Hbond substituents is 1. The first kappa shape index (κ1) is 9.29. The third-order valence-electron chi connectivity index (χ3n) is 2.34. The van der Waals surface area contributed by atoms with Gasteiger partial charge in [-0.05, 0) is 18.6 Å². The molecule has 0 amide bonds. The third-order valence-corrected chi connectivity index (χ3v) is 3.30. The molecule has 2 heterocycles. The van der Waals surface area contributed by atoms with E-state index in [0.29, 0.717) is 0 Å². The van der Waals surface area contributed by atoms with Gasteiger partial charge in [0.15, 0.2) is 0 Å². The second-order valence-corrected chi connectivity index (χ2v) is 4.42. The van der Waals surface area contributed by atoms with Crippen LogP contribution >= 0.6 is 11.3 Å². The summed E-state index contributed by atoms with van der Waals surface area (Å²) in [6.07, 6.45) is 1.56. The lowest BCUT2D eigenvalue weighted by Gasteiger charge is -1.99. The van der Waals surface area contributed by atoms with Gasteiger partial charge in [0.25, 0.3) is 0 Å². The Balaban J connectivity index is 2.15. The summed E-state index contributed by atoms with van der Waals surface area (Å²) in [4.78, 5) is 0.745. The van der Waals surface area contributed by atoms with E-state index in [1.54, 1.807) is 16.9 Å². The maximum absolute atomic E-state index is 9.63. The molecular formula is C10H8N4OS. The quantitative estimate of drug-likeness (QED) is 0.695. The zero-order chi connectivity index (χ0) is 11.1. The van der Waals surface area contributed by atoms with Gasteiger partial charge in [0, 0.05) is 5.56 Å². The number of aromatic nitrogens is 4. The van der Waals surface area contributed by atoms with Crippen molar-refractivity contribution in [2.24, 2.45) is 0 Å². The molecule has 1 aromatic carbocycles. The summed E-state index contributed by atoms with van der Waals surface area (Å²) >= 11 is 1.44. The predicted molar refractivity (Wildman–Crippen MR) is 60.5 cm³/mol. The molecule has 0 unspecified atom stereocenters. The van der Waals surface area contributed by atoms with Gasteiger partial charge in [-0.2, -0.15) is 9.61 Å². The Hall–Kier alpha value is -1.95. The number of aromatic hydroxyl groups is 1. The fourth-order valence-electron chi connectivity index (χ4n) is 1.42. The number of hydrogen-bond donors (Lipinski definition) is 1. The van der Waals surface area contributed by atoms with Crippen LogP contribution in [0.1, 0.15) is 5.56 Å². The maximum atomic E-state index is 9.63. The minimum atomic E-state index is 0.281. The van der Waals surface area contributed by atoms with Gasteiger partial charge in [-0.3, -0.25) is 0 Å². The Kier molecular flexibility index (Phi) is 1.90. The van der Waals surface area contributed by atoms with Gasteiger partial charge in [0.05, 0.1) is 0 Å². The first-order chi connectivity index (χ1) is 7.74. The molecule has 2 aromatic heterocycles. The molecule has 80 valence electrons. The van der Waals surface area contributed by atoms with Crippen LogP contribution in [0.15, 0.2) is 24.5 Å². The maximum Gasteiger partial charge on any atom is 0.234 e.